The molecule has 3 aromatic heterocycles. The van der Waals surface area contributed by atoms with E-state index in [0.717, 1.165) is 50.8 Å². The maximum atomic E-state index is 13.8. The lowest BCUT2D eigenvalue weighted by molar-refractivity contribution is 0.335. The minimum atomic E-state index is -0.217. The third-order valence-electron chi connectivity index (χ3n) is 7.19. The second-order valence-corrected chi connectivity index (χ2v) is 10.5. The monoisotopic (exact) mass is 533 g/mol. The van der Waals surface area contributed by atoms with Crippen molar-refractivity contribution in [2.45, 2.75) is 54.4 Å². The number of fused-ring (bicyclic) bond motifs is 1. The van der Waals surface area contributed by atoms with Gasteiger partial charge in [0.05, 0.1) is 23.7 Å². The van der Waals surface area contributed by atoms with Crippen LogP contribution in [0.25, 0.3) is 28.1 Å². The van der Waals surface area contributed by atoms with Crippen LogP contribution in [-0.4, -0.2) is 32.0 Å². The average molecular weight is 534 g/mol. The first-order valence-electron chi connectivity index (χ1n) is 13.7. The summed E-state index contributed by atoms with van der Waals surface area (Å²) in [4.78, 5) is 23.3. The molecule has 0 N–H and O–H groups in total. The number of nitrogens with zero attached hydrogens (tertiary/aromatic N) is 5. The molecule has 0 aliphatic carbocycles. The summed E-state index contributed by atoms with van der Waals surface area (Å²) in [5.74, 6) is 2.43. The summed E-state index contributed by atoms with van der Waals surface area (Å²) < 4.78 is 9.47. The molecule has 3 heterocycles. The number of aromatic nitrogens is 4. The molecule has 0 amide bonds. The quantitative estimate of drug-likeness (QED) is 0.214. The Hall–Kier alpha value is -4.52. The summed E-state index contributed by atoms with van der Waals surface area (Å²) in [6, 6.07) is 17.6. The molecule has 2 aromatic carbocycles. The Morgan fingerprint density at radius 3 is 2.52 bits per heavy atom. The molecule has 5 aromatic rings. The van der Waals surface area contributed by atoms with Crippen LogP contribution in [0.5, 0.6) is 5.75 Å². The number of hydrogen-bond acceptors (Lipinski definition) is 5. The third kappa shape index (κ3) is 4.95. The number of benzene rings is 2. The molecule has 0 bridgehead atoms. The molecular weight excluding hydrogens is 498 g/mol. The molecule has 0 aliphatic rings. The van der Waals surface area contributed by atoms with Crippen LogP contribution in [0.3, 0.4) is 0 Å². The lowest BCUT2D eigenvalue weighted by Gasteiger charge is -2.18. The van der Waals surface area contributed by atoms with Crippen molar-refractivity contribution in [3.63, 3.8) is 0 Å². The fourth-order valence-electron chi connectivity index (χ4n) is 5.11. The van der Waals surface area contributed by atoms with Crippen molar-refractivity contribution in [1.82, 2.24) is 19.2 Å². The molecule has 0 atom stereocenters. The zero-order valence-electron chi connectivity index (χ0n) is 24.2. The Kier molecular flexibility index (Phi) is 7.39. The highest BCUT2D eigenvalue weighted by atomic mass is 16.5. The number of pyridine rings is 1. The van der Waals surface area contributed by atoms with Crippen LogP contribution < -0.4 is 10.3 Å². The van der Waals surface area contributed by atoms with Crippen LogP contribution >= 0.6 is 0 Å². The Bertz CT molecular complexity index is 1810. The summed E-state index contributed by atoms with van der Waals surface area (Å²) in [7, 11) is 0. The molecule has 7 heteroatoms. The van der Waals surface area contributed by atoms with E-state index < -0.39 is 0 Å². The molecule has 0 radical (unpaired) electrons. The Balaban J connectivity index is 1.70. The van der Waals surface area contributed by atoms with E-state index >= 15 is 0 Å². The van der Waals surface area contributed by atoms with E-state index in [9.17, 15) is 4.79 Å². The number of aryl methyl sites for hydroxylation is 3. The van der Waals surface area contributed by atoms with Gasteiger partial charge in [0.15, 0.2) is 5.82 Å². The van der Waals surface area contributed by atoms with Gasteiger partial charge in [-0.2, -0.15) is 9.78 Å². The van der Waals surface area contributed by atoms with Gasteiger partial charge in [-0.05, 0) is 99.7 Å². The van der Waals surface area contributed by atoms with Crippen LogP contribution in [0.15, 0.2) is 70.7 Å². The predicted octanol–water partition coefficient (Wildman–Crippen LogP) is 6.89. The van der Waals surface area contributed by atoms with Gasteiger partial charge in [0.2, 0.25) is 0 Å². The molecule has 5 rings (SSSR count). The van der Waals surface area contributed by atoms with E-state index in [1.807, 2.05) is 64.2 Å². The molecule has 7 nitrogen and oxygen atoms in total. The normalized spacial score (nSPS) is 11.7. The summed E-state index contributed by atoms with van der Waals surface area (Å²) in [5, 5.41) is 5.27. The second kappa shape index (κ2) is 10.9. The van der Waals surface area contributed by atoms with Crippen molar-refractivity contribution in [2.75, 3.05) is 6.61 Å². The minimum absolute atomic E-state index is 0.217. The zero-order valence-corrected chi connectivity index (χ0v) is 24.2. The average Bonchev–Trinajstić information content (AvgIpc) is 3.20. The summed E-state index contributed by atoms with van der Waals surface area (Å²) in [5.41, 5.74) is 7.35. The zero-order chi connectivity index (χ0) is 28.6. The maximum Gasteiger partial charge on any atom is 0.282 e. The van der Waals surface area contributed by atoms with Gasteiger partial charge in [-0.1, -0.05) is 26.0 Å². The minimum Gasteiger partial charge on any atom is -0.494 e. The fourth-order valence-corrected chi connectivity index (χ4v) is 5.11. The Labute approximate surface area is 234 Å². The first kappa shape index (κ1) is 27.1. The summed E-state index contributed by atoms with van der Waals surface area (Å²) in [6.45, 7) is 15.0. The largest absolute Gasteiger partial charge is 0.494 e. The SMILES string of the molecule is CCOc1cc(C)c(-c2nc3ccccc3c(=O)n2N=Cc2cc(C)n(-c3cc(C)ccn3)c2C)cc1C(C)C. The van der Waals surface area contributed by atoms with Gasteiger partial charge in [-0.15, -0.1) is 0 Å². The van der Waals surface area contributed by atoms with Crippen LogP contribution in [0, 0.1) is 27.7 Å². The molecule has 204 valence electrons. The predicted molar refractivity (Wildman–Crippen MR) is 162 cm³/mol. The van der Waals surface area contributed by atoms with E-state index in [1.165, 1.54) is 4.68 Å². The first-order valence-corrected chi connectivity index (χ1v) is 13.7. The standard InChI is InChI=1S/C33H35N5O2/c1-8-40-30-16-22(5)28(18-27(30)20(2)3)32-36-29-12-10-9-11-26(29)33(39)38(32)35-19-25-17-23(6)37(24(25)7)31-15-21(4)13-14-34-31/h9-20H,8H2,1-7H3. The van der Waals surface area contributed by atoms with Gasteiger partial charge in [0.1, 0.15) is 11.6 Å². The van der Waals surface area contributed by atoms with Gasteiger partial charge in [-0.25, -0.2) is 9.97 Å². The third-order valence-corrected chi connectivity index (χ3v) is 7.19. The molecular formula is C33H35N5O2. The molecule has 0 aliphatic heterocycles. The van der Waals surface area contributed by atoms with E-state index in [-0.39, 0.29) is 11.5 Å². The van der Waals surface area contributed by atoms with Crippen molar-refractivity contribution in [2.24, 2.45) is 5.10 Å². The van der Waals surface area contributed by atoms with Crippen LogP contribution in [0.1, 0.15) is 60.3 Å². The Morgan fingerprint density at radius 2 is 1.80 bits per heavy atom. The maximum absolute atomic E-state index is 13.8. The van der Waals surface area contributed by atoms with Crippen molar-refractivity contribution in [3.05, 3.63) is 105 Å². The lowest BCUT2D eigenvalue weighted by Crippen LogP contribution is -2.21. The highest BCUT2D eigenvalue weighted by molar-refractivity contribution is 5.84. The van der Waals surface area contributed by atoms with E-state index in [2.05, 4.69) is 48.5 Å². The van der Waals surface area contributed by atoms with E-state index in [0.29, 0.717) is 23.3 Å². The first-order chi connectivity index (χ1) is 19.2. The van der Waals surface area contributed by atoms with Crippen LogP contribution in [0.4, 0.5) is 0 Å². The molecule has 0 unspecified atom stereocenters. The number of hydrogen-bond donors (Lipinski definition) is 0. The summed E-state index contributed by atoms with van der Waals surface area (Å²) in [6.07, 6.45) is 3.55. The van der Waals surface area contributed by atoms with Gasteiger partial charge < -0.3 is 9.30 Å². The van der Waals surface area contributed by atoms with Gasteiger partial charge in [0.25, 0.3) is 5.56 Å². The fraction of sp³-hybridized carbons (Fsp3) is 0.273. The van der Waals surface area contributed by atoms with Crippen molar-refractivity contribution >= 4 is 17.1 Å². The van der Waals surface area contributed by atoms with Gasteiger partial charge in [-0.3, -0.25) is 4.79 Å². The van der Waals surface area contributed by atoms with E-state index in [4.69, 9.17) is 14.8 Å². The lowest BCUT2D eigenvalue weighted by atomic mass is 9.96. The van der Waals surface area contributed by atoms with Crippen LogP contribution in [-0.2, 0) is 0 Å². The van der Waals surface area contributed by atoms with Gasteiger partial charge >= 0.3 is 0 Å². The number of para-hydroxylation sites is 1. The second-order valence-electron chi connectivity index (χ2n) is 10.5. The van der Waals surface area contributed by atoms with Crippen molar-refractivity contribution < 1.29 is 4.74 Å². The van der Waals surface area contributed by atoms with Crippen molar-refractivity contribution in [1.29, 1.82) is 0 Å². The van der Waals surface area contributed by atoms with E-state index in [1.54, 1.807) is 12.3 Å². The molecule has 0 saturated heterocycles. The van der Waals surface area contributed by atoms with Crippen molar-refractivity contribution in [3.8, 4) is 23.0 Å². The Morgan fingerprint density at radius 1 is 1.02 bits per heavy atom. The molecule has 0 fully saturated rings. The van der Waals surface area contributed by atoms with Crippen LogP contribution in [0.2, 0.25) is 0 Å². The topological polar surface area (TPSA) is 74.3 Å². The van der Waals surface area contributed by atoms with Gasteiger partial charge in [0, 0.05) is 28.7 Å². The molecule has 0 spiro atoms. The molecule has 40 heavy (non-hydrogen) atoms. The number of rotatable bonds is 7. The molecule has 0 saturated carbocycles. The number of ether oxygens (including phenoxy) is 1. The highest BCUT2D eigenvalue weighted by Gasteiger charge is 2.19. The smallest absolute Gasteiger partial charge is 0.282 e. The summed E-state index contributed by atoms with van der Waals surface area (Å²) >= 11 is 0. The highest BCUT2D eigenvalue weighted by Crippen LogP contribution is 2.34.